The highest BCUT2D eigenvalue weighted by Gasteiger charge is 2.30. The highest BCUT2D eigenvalue weighted by molar-refractivity contribution is 5.05. The lowest BCUT2D eigenvalue weighted by atomic mass is 9.95. The van der Waals surface area contributed by atoms with E-state index in [9.17, 15) is 5.26 Å². The maximum absolute atomic E-state index is 9.18. The van der Waals surface area contributed by atoms with E-state index >= 15 is 0 Å². The second-order valence-corrected chi connectivity index (χ2v) is 5.69. The van der Waals surface area contributed by atoms with Crippen LogP contribution in [-0.2, 0) is 0 Å². The van der Waals surface area contributed by atoms with E-state index in [4.69, 9.17) is 0 Å². The lowest BCUT2D eigenvalue weighted by Gasteiger charge is -2.31. The van der Waals surface area contributed by atoms with Crippen LogP contribution in [0.15, 0.2) is 0 Å². The molecule has 0 aromatic rings. The van der Waals surface area contributed by atoms with E-state index in [2.05, 4.69) is 30.1 Å². The van der Waals surface area contributed by atoms with Gasteiger partial charge in [0.25, 0.3) is 0 Å². The summed E-state index contributed by atoms with van der Waals surface area (Å²) < 4.78 is 0. The number of likely N-dealkylation sites (tertiary alicyclic amines) is 1. The minimum Gasteiger partial charge on any atom is -0.303 e. The molecule has 1 fully saturated rings. The van der Waals surface area contributed by atoms with Crippen molar-refractivity contribution in [3.8, 4) is 6.07 Å². The van der Waals surface area contributed by atoms with Gasteiger partial charge in [0.15, 0.2) is 0 Å². The summed E-state index contributed by atoms with van der Waals surface area (Å²) in [6.45, 7) is 8.93. The van der Waals surface area contributed by atoms with Crippen LogP contribution in [-0.4, -0.2) is 36.6 Å². The average Bonchev–Trinajstić information content (AvgIpc) is 2.78. The van der Waals surface area contributed by atoms with Gasteiger partial charge in [-0.1, -0.05) is 13.3 Å². The first-order chi connectivity index (χ1) is 8.04. The van der Waals surface area contributed by atoms with Gasteiger partial charge in [0.2, 0.25) is 0 Å². The number of rotatable bonds is 6. The van der Waals surface area contributed by atoms with E-state index in [1.807, 2.05) is 14.0 Å². The maximum atomic E-state index is 9.18. The molecule has 1 aliphatic rings. The second kappa shape index (κ2) is 6.37. The van der Waals surface area contributed by atoms with Crippen molar-refractivity contribution in [2.45, 2.75) is 58.0 Å². The summed E-state index contributed by atoms with van der Waals surface area (Å²) in [5.41, 5.74) is -0.387. The molecule has 1 saturated heterocycles. The lowest BCUT2D eigenvalue weighted by molar-refractivity contribution is 0.208. The van der Waals surface area contributed by atoms with E-state index < -0.39 is 0 Å². The van der Waals surface area contributed by atoms with Gasteiger partial charge in [-0.2, -0.15) is 5.26 Å². The highest BCUT2D eigenvalue weighted by atomic mass is 15.2. The number of hydrogen-bond acceptors (Lipinski definition) is 3. The summed E-state index contributed by atoms with van der Waals surface area (Å²) in [4.78, 5) is 2.55. The van der Waals surface area contributed by atoms with Crippen LogP contribution in [0.25, 0.3) is 0 Å². The third-order valence-corrected chi connectivity index (χ3v) is 4.14. The fraction of sp³-hybridized carbons (Fsp3) is 0.929. The molecule has 3 nitrogen and oxygen atoms in total. The van der Waals surface area contributed by atoms with E-state index in [1.54, 1.807) is 0 Å². The Labute approximate surface area is 106 Å². The van der Waals surface area contributed by atoms with Crippen molar-refractivity contribution in [3.05, 3.63) is 0 Å². The topological polar surface area (TPSA) is 39.1 Å². The van der Waals surface area contributed by atoms with E-state index in [1.165, 1.54) is 32.4 Å². The summed E-state index contributed by atoms with van der Waals surface area (Å²) >= 11 is 0. The van der Waals surface area contributed by atoms with Crippen LogP contribution in [0, 0.1) is 17.2 Å². The molecule has 0 aliphatic carbocycles. The molecule has 3 heteroatoms. The Morgan fingerprint density at radius 2 is 2.29 bits per heavy atom. The second-order valence-electron chi connectivity index (χ2n) is 5.69. The summed E-state index contributed by atoms with van der Waals surface area (Å²) in [5.74, 6) is 0.880. The molecule has 17 heavy (non-hydrogen) atoms. The smallest absolute Gasteiger partial charge is 0.105 e. The quantitative estimate of drug-likeness (QED) is 0.771. The van der Waals surface area contributed by atoms with Gasteiger partial charge in [-0.25, -0.2) is 0 Å². The van der Waals surface area contributed by atoms with Gasteiger partial charge in [-0.05, 0) is 52.6 Å². The molecule has 0 aromatic heterocycles. The van der Waals surface area contributed by atoms with E-state index in [0.29, 0.717) is 6.04 Å². The van der Waals surface area contributed by atoms with Crippen LogP contribution < -0.4 is 5.32 Å². The molecule has 1 aliphatic heterocycles. The standard InChI is InChI=1S/C14H27N3/c1-5-6-13-7-8-17(10-13)12(2)9-14(3,11-15)16-4/h12-13,16H,5-10H2,1-4H3. The molecule has 1 N–H and O–H groups in total. The van der Waals surface area contributed by atoms with Crippen molar-refractivity contribution in [3.63, 3.8) is 0 Å². The molecule has 0 radical (unpaired) electrons. The zero-order chi connectivity index (χ0) is 12.9. The van der Waals surface area contributed by atoms with Crippen LogP contribution in [0.5, 0.6) is 0 Å². The first-order valence-corrected chi connectivity index (χ1v) is 6.89. The molecule has 98 valence electrons. The van der Waals surface area contributed by atoms with Gasteiger partial charge in [-0.3, -0.25) is 0 Å². The summed E-state index contributed by atoms with van der Waals surface area (Å²) in [7, 11) is 1.87. The molecule has 3 unspecified atom stereocenters. The van der Waals surface area contributed by atoms with E-state index in [-0.39, 0.29) is 5.54 Å². The monoisotopic (exact) mass is 237 g/mol. The number of nitrogens with one attached hydrogen (secondary N) is 1. The predicted molar refractivity (Wildman–Crippen MR) is 71.7 cm³/mol. The van der Waals surface area contributed by atoms with Crippen LogP contribution >= 0.6 is 0 Å². The molecule has 0 aromatic carbocycles. The van der Waals surface area contributed by atoms with Gasteiger partial charge < -0.3 is 10.2 Å². The van der Waals surface area contributed by atoms with Crippen LogP contribution in [0.2, 0.25) is 0 Å². The maximum Gasteiger partial charge on any atom is 0.105 e. The fourth-order valence-electron chi connectivity index (χ4n) is 2.83. The van der Waals surface area contributed by atoms with Crippen molar-refractivity contribution < 1.29 is 0 Å². The molecule has 0 bridgehead atoms. The van der Waals surface area contributed by atoms with Crippen molar-refractivity contribution in [2.24, 2.45) is 5.92 Å². The summed E-state index contributed by atoms with van der Waals surface area (Å²) in [6.07, 6.45) is 4.88. The summed E-state index contributed by atoms with van der Waals surface area (Å²) in [6, 6.07) is 2.88. The Balaban J connectivity index is 2.44. The first kappa shape index (κ1) is 14.5. The molecule has 1 heterocycles. The number of nitrogens with zero attached hydrogens (tertiary/aromatic N) is 2. The number of nitriles is 1. The zero-order valence-electron chi connectivity index (χ0n) is 11.8. The Morgan fingerprint density at radius 3 is 2.82 bits per heavy atom. The van der Waals surface area contributed by atoms with Gasteiger partial charge in [0, 0.05) is 12.6 Å². The molecule has 0 amide bonds. The molecule has 3 atom stereocenters. The van der Waals surface area contributed by atoms with Crippen molar-refractivity contribution in [2.75, 3.05) is 20.1 Å². The first-order valence-electron chi connectivity index (χ1n) is 6.89. The van der Waals surface area contributed by atoms with E-state index in [0.717, 1.165) is 12.3 Å². The number of hydrogen-bond donors (Lipinski definition) is 1. The minimum atomic E-state index is -0.387. The Kier molecular flexibility index (Phi) is 5.42. The minimum absolute atomic E-state index is 0.387. The van der Waals surface area contributed by atoms with Gasteiger partial charge in [0.05, 0.1) is 6.07 Å². The Bertz CT molecular complexity index is 271. The third kappa shape index (κ3) is 3.97. The highest BCUT2D eigenvalue weighted by Crippen LogP contribution is 2.25. The van der Waals surface area contributed by atoms with Crippen LogP contribution in [0.3, 0.4) is 0 Å². The van der Waals surface area contributed by atoms with Crippen molar-refractivity contribution >= 4 is 0 Å². The summed E-state index contributed by atoms with van der Waals surface area (Å²) in [5, 5.41) is 12.3. The lowest BCUT2D eigenvalue weighted by Crippen LogP contribution is -2.45. The molecular formula is C14H27N3. The molecule has 1 rings (SSSR count). The molecular weight excluding hydrogens is 210 g/mol. The van der Waals surface area contributed by atoms with Crippen LogP contribution in [0.4, 0.5) is 0 Å². The third-order valence-electron chi connectivity index (χ3n) is 4.14. The zero-order valence-corrected chi connectivity index (χ0v) is 11.8. The van der Waals surface area contributed by atoms with Crippen molar-refractivity contribution in [1.29, 1.82) is 5.26 Å². The molecule has 0 spiro atoms. The fourth-order valence-corrected chi connectivity index (χ4v) is 2.83. The van der Waals surface area contributed by atoms with Gasteiger partial charge >= 0.3 is 0 Å². The van der Waals surface area contributed by atoms with Crippen LogP contribution in [0.1, 0.15) is 46.5 Å². The van der Waals surface area contributed by atoms with Gasteiger partial charge in [-0.15, -0.1) is 0 Å². The largest absolute Gasteiger partial charge is 0.303 e. The predicted octanol–water partition coefficient (Wildman–Crippen LogP) is 2.39. The van der Waals surface area contributed by atoms with Crippen molar-refractivity contribution in [1.82, 2.24) is 10.2 Å². The normalized spacial score (nSPS) is 26.4. The molecule has 0 saturated carbocycles. The average molecular weight is 237 g/mol. The van der Waals surface area contributed by atoms with Gasteiger partial charge in [0.1, 0.15) is 5.54 Å². The Hall–Kier alpha value is -0.590. The Morgan fingerprint density at radius 1 is 1.59 bits per heavy atom. The SMILES string of the molecule is CCCC1CCN(C(C)CC(C)(C#N)NC)C1.